The smallest absolute Gasteiger partial charge is 0.315 e. The molecule has 0 saturated carbocycles. The molecular formula is C12H22N4O2. The van der Waals surface area contributed by atoms with Crippen LogP contribution >= 0.6 is 0 Å². The van der Waals surface area contributed by atoms with Crippen molar-refractivity contribution in [2.75, 3.05) is 31.6 Å². The molecule has 1 aromatic rings. The first-order valence-electron chi connectivity index (χ1n) is 6.73. The largest absolute Gasteiger partial charge is 0.407 e. The topological polar surface area (TPSA) is 72.2 Å². The van der Waals surface area contributed by atoms with E-state index in [2.05, 4.69) is 27.8 Å². The molecule has 0 aliphatic carbocycles. The third kappa shape index (κ3) is 4.27. The predicted octanol–water partition coefficient (Wildman–Crippen LogP) is 1.41. The number of aromatic nitrogens is 2. The highest BCUT2D eigenvalue weighted by atomic mass is 16.5. The second-order valence-corrected chi connectivity index (χ2v) is 4.64. The molecule has 1 aromatic heterocycles. The van der Waals surface area contributed by atoms with Gasteiger partial charge in [-0.3, -0.25) is 0 Å². The zero-order chi connectivity index (χ0) is 12.6. The zero-order valence-corrected chi connectivity index (χ0v) is 10.9. The molecule has 6 nitrogen and oxygen atoms in total. The number of ether oxygens (including phenoxy) is 1. The van der Waals surface area contributed by atoms with Crippen molar-refractivity contribution in [1.29, 1.82) is 0 Å². The SMILES string of the molecule is CCCNCc1nnc(NCC2CCCOC2)o1. The lowest BCUT2D eigenvalue weighted by Gasteiger charge is -2.21. The van der Waals surface area contributed by atoms with Crippen LogP contribution in [0.15, 0.2) is 4.42 Å². The highest BCUT2D eigenvalue weighted by molar-refractivity contribution is 5.16. The quantitative estimate of drug-likeness (QED) is 0.717. The molecule has 102 valence electrons. The second-order valence-electron chi connectivity index (χ2n) is 4.64. The number of hydrogen-bond acceptors (Lipinski definition) is 6. The van der Waals surface area contributed by atoms with Crippen molar-refractivity contribution in [2.24, 2.45) is 5.92 Å². The van der Waals surface area contributed by atoms with Crippen molar-refractivity contribution in [3.8, 4) is 0 Å². The van der Waals surface area contributed by atoms with Gasteiger partial charge in [0.1, 0.15) is 0 Å². The summed E-state index contributed by atoms with van der Waals surface area (Å²) in [7, 11) is 0. The average Bonchev–Trinajstić information content (AvgIpc) is 2.86. The summed E-state index contributed by atoms with van der Waals surface area (Å²) in [5.74, 6) is 1.18. The molecule has 1 aliphatic heterocycles. The minimum atomic E-state index is 0.508. The van der Waals surface area contributed by atoms with E-state index in [1.165, 1.54) is 6.42 Å². The second kappa shape index (κ2) is 7.33. The summed E-state index contributed by atoms with van der Waals surface area (Å²) in [6.07, 6.45) is 3.44. The molecule has 1 aliphatic rings. The summed E-state index contributed by atoms with van der Waals surface area (Å²) in [4.78, 5) is 0. The van der Waals surface area contributed by atoms with Gasteiger partial charge in [-0.25, -0.2) is 0 Å². The first-order valence-corrected chi connectivity index (χ1v) is 6.73. The summed E-state index contributed by atoms with van der Waals surface area (Å²) in [6, 6.07) is 0.508. The van der Waals surface area contributed by atoms with E-state index in [1.807, 2.05) is 0 Å². The molecule has 0 spiro atoms. The Morgan fingerprint density at radius 3 is 3.11 bits per heavy atom. The van der Waals surface area contributed by atoms with Crippen molar-refractivity contribution in [1.82, 2.24) is 15.5 Å². The van der Waals surface area contributed by atoms with Crippen LogP contribution in [0.2, 0.25) is 0 Å². The Bertz CT molecular complexity index is 337. The molecule has 6 heteroatoms. The van der Waals surface area contributed by atoms with Gasteiger partial charge < -0.3 is 19.8 Å². The van der Waals surface area contributed by atoms with Crippen molar-refractivity contribution in [3.05, 3.63) is 5.89 Å². The summed E-state index contributed by atoms with van der Waals surface area (Å²) in [5, 5.41) is 14.4. The lowest BCUT2D eigenvalue weighted by Crippen LogP contribution is -2.24. The Morgan fingerprint density at radius 2 is 2.33 bits per heavy atom. The minimum absolute atomic E-state index is 0.508. The molecule has 0 aromatic carbocycles. The summed E-state index contributed by atoms with van der Waals surface area (Å²) in [5.41, 5.74) is 0. The van der Waals surface area contributed by atoms with Crippen molar-refractivity contribution >= 4 is 6.01 Å². The first kappa shape index (κ1) is 13.3. The molecule has 1 atom stereocenters. The molecule has 2 N–H and O–H groups in total. The maximum Gasteiger partial charge on any atom is 0.315 e. The Balaban J connectivity index is 1.69. The van der Waals surface area contributed by atoms with Crippen LogP contribution in [0, 0.1) is 5.92 Å². The number of rotatable bonds is 7. The molecular weight excluding hydrogens is 232 g/mol. The molecule has 0 radical (unpaired) electrons. The highest BCUT2D eigenvalue weighted by Crippen LogP contribution is 2.14. The Hall–Kier alpha value is -1.14. The monoisotopic (exact) mass is 254 g/mol. The van der Waals surface area contributed by atoms with E-state index < -0.39 is 0 Å². The summed E-state index contributed by atoms with van der Waals surface area (Å²) < 4.78 is 10.9. The minimum Gasteiger partial charge on any atom is -0.407 e. The van der Waals surface area contributed by atoms with Gasteiger partial charge in [-0.15, -0.1) is 5.10 Å². The van der Waals surface area contributed by atoms with E-state index in [0.29, 0.717) is 24.4 Å². The predicted molar refractivity (Wildman–Crippen MR) is 68.3 cm³/mol. The van der Waals surface area contributed by atoms with Gasteiger partial charge in [-0.1, -0.05) is 12.0 Å². The highest BCUT2D eigenvalue weighted by Gasteiger charge is 2.14. The fraction of sp³-hybridized carbons (Fsp3) is 0.833. The zero-order valence-electron chi connectivity index (χ0n) is 10.9. The number of nitrogens with one attached hydrogen (secondary N) is 2. The summed E-state index contributed by atoms with van der Waals surface area (Å²) >= 11 is 0. The van der Waals surface area contributed by atoms with Gasteiger partial charge in [-0.05, 0) is 31.7 Å². The third-order valence-electron chi connectivity index (χ3n) is 2.97. The van der Waals surface area contributed by atoms with E-state index in [4.69, 9.17) is 9.15 Å². The number of anilines is 1. The van der Waals surface area contributed by atoms with Gasteiger partial charge in [0, 0.05) is 13.2 Å². The van der Waals surface area contributed by atoms with Crippen LogP contribution in [0.3, 0.4) is 0 Å². The molecule has 0 amide bonds. The molecule has 1 fully saturated rings. The Labute approximate surface area is 107 Å². The normalized spacial score (nSPS) is 19.9. The molecule has 2 rings (SSSR count). The van der Waals surface area contributed by atoms with Crippen LogP contribution in [0.4, 0.5) is 6.01 Å². The van der Waals surface area contributed by atoms with Crippen molar-refractivity contribution < 1.29 is 9.15 Å². The first-order chi connectivity index (χ1) is 8.88. The van der Waals surface area contributed by atoms with Gasteiger partial charge in [0.05, 0.1) is 13.2 Å². The lowest BCUT2D eigenvalue weighted by molar-refractivity contribution is 0.0593. The van der Waals surface area contributed by atoms with Crippen LogP contribution in [-0.2, 0) is 11.3 Å². The van der Waals surface area contributed by atoms with Crippen LogP contribution in [0.5, 0.6) is 0 Å². The van der Waals surface area contributed by atoms with Crippen molar-refractivity contribution in [3.63, 3.8) is 0 Å². The van der Waals surface area contributed by atoms with Crippen LogP contribution in [0.1, 0.15) is 32.1 Å². The van der Waals surface area contributed by atoms with Gasteiger partial charge in [0.15, 0.2) is 0 Å². The molecule has 1 saturated heterocycles. The maximum absolute atomic E-state index is 5.48. The fourth-order valence-corrected chi connectivity index (χ4v) is 1.97. The average molecular weight is 254 g/mol. The van der Waals surface area contributed by atoms with Gasteiger partial charge in [0.25, 0.3) is 0 Å². The van der Waals surface area contributed by atoms with E-state index in [9.17, 15) is 0 Å². The van der Waals surface area contributed by atoms with E-state index >= 15 is 0 Å². The fourth-order valence-electron chi connectivity index (χ4n) is 1.97. The molecule has 18 heavy (non-hydrogen) atoms. The standard InChI is InChI=1S/C12H22N4O2/c1-2-5-13-8-11-15-16-12(18-11)14-7-10-4-3-6-17-9-10/h10,13H,2-9H2,1H3,(H,14,16). The van der Waals surface area contributed by atoms with E-state index in [1.54, 1.807) is 0 Å². The number of nitrogens with zero attached hydrogens (tertiary/aromatic N) is 2. The Morgan fingerprint density at radius 1 is 1.39 bits per heavy atom. The van der Waals surface area contributed by atoms with Gasteiger partial charge in [-0.2, -0.15) is 0 Å². The maximum atomic E-state index is 5.48. The molecule has 1 unspecified atom stereocenters. The molecule has 2 heterocycles. The van der Waals surface area contributed by atoms with Crippen LogP contribution in [0.25, 0.3) is 0 Å². The van der Waals surface area contributed by atoms with Gasteiger partial charge in [0.2, 0.25) is 5.89 Å². The van der Waals surface area contributed by atoms with Crippen molar-refractivity contribution in [2.45, 2.75) is 32.7 Å². The van der Waals surface area contributed by atoms with Crippen LogP contribution < -0.4 is 10.6 Å². The van der Waals surface area contributed by atoms with E-state index in [0.717, 1.165) is 39.1 Å². The lowest BCUT2D eigenvalue weighted by atomic mass is 10.0. The third-order valence-corrected chi connectivity index (χ3v) is 2.97. The number of hydrogen-bond donors (Lipinski definition) is 2. The van der Waals surface area contributed by atoms with Crippen LogP contribution in [-0.4, -0.2) is 36.5 Å². The van der Waals surface area contributed by atoms with E-state index in [-0.39, 0.29) is 0 Å². The summed E-state index contributed by atoms with van der Waals surface area (Å²) in [6.45, 7) is 6.28. The Kier molecular flexibility index (Phi) is 5.41. The van der Waals surface area contributed by atoms with Gasteiger partial charge >= 0.3 is 6.01 Å². The molecule has 0 bridgehead atoms.